The minimum atomic E-state index is -3.82. The molecule has 0 aromatic heterocycles. The lowest BCUT2D eigenvalue weighted by atomic mass is 9.98. The van der Waals surface area contributed by atoms with Gasteiger partial charge in [-0.1, -0.05) is 34.8 Å². The van der Waals surface area contributed by atoms with Crippen molar-refractivity contribution in [2.45, 2.75) is 39.2 Å². The van der Waals surface area contributed by atoms with Crippen LogP contribution in [0.25, 0.3) is 0 Å². The number of β-lactam (4-membered cyclic amide) rings is 1. The van der Waals surface area contributed by atoms with Gasteiger partial charge < -0.3 is 9.64 Å². The lowest BCUT2D eigenvalue weighted by Gasteiger charge is -2.39. The number of nitrogens with zero attached hydrogens (tertiary/aromatic N) is 1. The Balaban J connectivity index is 2.31. The SMILES string of the molecule is CC1(C)[C@H](C(=O)OCC(Cl)(Cl)Cl)N2C(=O)[C@@H](Cl)[C@H]2S1(=O)=O. The van der Waals surface area contributed by atoms with Gasteiger partial charge in [0.15, 0.2) is 15.2 Å². The van der Waals surface area contributed by atoms with E-state index in [0.29, 0.717) is 0 Å². The van der Waals surface area contributed by atoms with Crippen LogP contribution in [0, 0.1) is 0 Å². The first kappa shape index (κ1) is 17.4. The van der Waals surface area contributed by atoms with Crippen molar-refractivity contribution in [3.63, 3.8) is 0 Å². The van der Waals surface area contributed by atoms with Crippen LogP contribution >= 0.6 is 46.4 Å². The zero-order chi connectivity index (χ0) is 16.4. The molecular weight excluding hydrogens is 388 g/mol. The number of carbonyl (C=O) groups excluding carboxylic acids is 2. The van der Waals surface area contributed by atoms with E-state index in [0.717, 1.165) is 4.90 Å². The molecule has 0 aromatic carbocycles. The molecule has 2 heterocycles. The van der Waals surface area contributed by atoms with E-state index in [9.17, 15) is 18.0 Å². The number of fused-ring (bicyclic) bond motifs is 1. The fraction of sp³-hybridized carbons (Fsp3) is 0.800. The van der Waals surface area contributed by atoms with E-state index in [1.807, 2.05) is 0 Å². The Morgan fingerprint density at radius 1 is 1.38 bits per heavy atom. The molecule has 1 amide bonds. The summed E-state index contributed by atoms with van der Waals surface area (Å²) >= 11 is 22.2. The maximum atomic E-state index is 12.4. The van der Waals surface area contributed by atoms with Gasteiger partial charge in [-0.3, -0.25) is 4.79 Å². The molecule has 2 fully saturated rings. The molecule has 2 aliphatic heterocycles. The van der Waals surface area contributed by atoms with E-state index >= 15 is 0 Å². The van der Waals surface area contributed by atoms with E-state index in [2.05, 4.69) is 0 Å². The zero-order valence-electron chi connectivity index (χ0n) is 10.8. The Morgan fingerprint density at radius 2 is 1.90 bits per heavy atom. The number of hydrogen-bond acceptors (Lipinski definition) is 5. The first-order chi connectivity index (χ1) is 9.32. The highest BCUT2D eigenvalue weighted by Gasteiger charge is 2.72. The topological polar surface area (TPSA) is 80.8 Å². The number of hydrogen-bond donors (Lipinski definition) is 0. The molecule has 0 spiro atoms. The van der Waals surface area contributed by atoms with Gasteiger partial charge in [0.1, 0.15) is 22.8 Å². The molecule has 6 nitrogen and oxygen atoms in total. The fourth-order valence-corrected chi connectivity index (χ4v) is 5.36. The van der Waals surface area contributed by atoms with Crippen LogP contribution in [0.4, 0.5) is 0 Å². The lowest BCUT2D eigenvalue weighted by Crippen LogP contribution is -2.64. The van der Waals surface area contributed by atoms with Crippen molar-refractivity contribution in [3.8, 4) is 0 Å². The summed E-state index contributed by atoms with van der Waals surface area (Å²) < 4.78 is 26.2. The molecule has 2 aliphatic rings. The summed E-state index contributed by atoms with van der Waals surface area (Å²) in [7, 11) is -3.82. The second-order valence-corrected chi connectivity index (χ2v) is 10.9. The highest BCUT2D eigenvalue weighted by molar-refractivity contribution is 7.94. The molecular formula is C10H11Cl4NO5S. The summed E-state index contributed by atoms with van der Waals surface area (Å²) in [5.41, 5.74) is 0. The second-order valence-electron chi connectivity index (χ2n) is 5.31. The highest BCUT2D eigenvalue weighted by Crippen LogP contribution is 2.48. The van der Waals surface area contributed by atoms with Crippen LogP contribution in [0.15, 0.2) is 0 Å². The Hall–Kier alpha value is 0.0500. The number of alkyl halides is 4. The summed E-state index contributed by atoms with van der Waals surface area (Å²) in [6, 6.07) is -1.32. The van der Waals surface area contributed by atoms with Crippen LogP contribution in [0.3, 0.4) is 0 Å². The average Bonchev–Trinajstić information content (AvgIpc) is 2.47. The lowest BCUT2D eigenvalue weighted by molar-refractivity contribution is -0.160. The van der Waals surface area contributed by atoms with E-state index in [-0.39, 0.29) is 0 Å². The van der Waals surface area contributed by atoms with E-state index in [1.165, 1.54) is 13.8 Å². The zero-order valence-corrected chi connectivity index (χ0v) is 14.7. The number of amides is 1. The van der Waals surface area contributed by atoms with Crippen LogP contribution in [-0.4, -0.2) is 57.1 Å². The van der Waals surface area contributed by atoms with Crippen LogP contribution in [0.5, 0.6) is 0 Å². The molecule has 2 rings (SSSR count). The monoisotopic (exact) mass is 397 g/mol. The number of halogens is 4. The van der Waals surface area contributed by atoms with Crippen LogP contribution in [0.1, 0.15) is 13.8 Å². The van der Waals surface area contributed by atoms with E-state index in [4.69, 9.17) is 51.1 Å². The molecule has 2 saturated heterocycles. The van der Waals surface area contributed by atoms with Crippen LogP contribution < -0.4 is 0 Å². The molecule has 0 aromatic rings. The maximum absolute atomic E-state index is 12.4. The molecule has 11 heteroatoms. The smallest absolute Gasteiger partial charge is 0.330 e. The fourth-order valence-electron chi connectivity index (χ4n) is 2.46. The van der Waals surface area contributed by atoms with Gasteiger partial charge in [-0.25, -0.2) is 13.2 Å². The van der Waals surface area contributed by atoms with Crippen molar-refractivity contribution in [2.75, 3.05) is 6.61 Å². The van der Waals surface area contributed by atoms with Gasteiger partial charge in [-0.05, 0) is 13.8 Å². The third-order valence-electron chi connectivity index (χ3n) is 3.60. The third-order valence-corrected chi connectivity index (χ3v) is 7.33. The minimum absolute atomic E-state index is 0.555. The normalized spacial score (nSPS) is 33.3. The molecule has 0 saturated carbocycles. The number of carbonyl (C=O) groups is 2. The Morgan fingerprint density at radius 3 is 2.38 bits per heavy atom. The van der Waals surface area contributed by atoms with Gasteiger partial charge >= 0.3 is 5.97 Å². The van der Waals surface area contributed by atoms with Crippen molar-refractivity contribution in [3.05, 3.63) is 0 Å². The predicted molar refractivity (Wildman–Crippen MR) is 78.3 cm³/mol. The molecule has 0 unspecified atom stereocenters. The Labute approximate surface area is 141 Å². The third kappa shape index (κ3) is 2.51. The molecule has 3 atom stereocenters. The van der Waals surface area contributed by atoms with Crippen molar-refractivity contribution in [1.29, 1.82) is 0 Å². The number of sulfone groups is 1. The quantitative estimate of drug-likeness (QED) is 0.397. The minimum Gasteiger partial charge on any atom is -0.460 e. The van der Waals surface area contributed by atoms with Gasteiger partial charge in [0, 0.05) is 0 Å². The summed E-state index contributed by atoms with van der Waals surface area (Å²) in [4.78, 5) is 24.8. The Bertz CT molecular complexity index is 599. The summed E-state index contributed by atoms with van der Waals surface area (Å²) in [5.74, 6) is -1.58. The van der Waals surface area contributed by atoms with Crippen LogP contribution in [0.2, 0.25) is 0 Å². The van der Waals surface area contributed by atoms with Crippen molar-refractivity contribution < 1.29 is 22.7 Å². The number of esters is 1. The van der Waals surface area contributed by atoms with E-state index in [1.54, 1.807) is 0 Å². The van der Waals surface area contributed by atoms with Gasteiger partial charge in [0.05, 0.1) is 0 Å². The summed E-state index contributed by atoms with van der Waals surface area (Å²) in [6.45, 7) is 2.11. The molecule has 0 N–H and O–H groups in total. The van der Waals surface area contributed by atoms with Crippen molar-refractivity contribution >= 4 is 68.1 Å². The second kappa shape index (κ2) is 5.03. The first-order valence-electron chi connectivity index (χ1n) is 5.75. The van der Waals surface area contributed by atoms with Gasteiger partial charge in [0.2, 0.25) is 9.70 Å². The summed E-state index contributed by atoms with van der Waals surface area (Å²) in [6.07, 6.45) is 0. The largest absolute Gasteiger partial charge is 0.460 e. The maximum Gasteiger partial charge on any atom is 0.330 e. The predicted octanol–water partition coefficient (Wildman–Crippen LogP) is 1.25. The average molecular weight is 399 g/mol. The highest BCUT2D eigenvalue weighted by atomic mass is 35.6. The van der Waals surface area contributed by atoms with Crippen LogP contribution in [-0.2, 0) is 24.2 Å². The Kier molecular flexibility index (Phi) is 4.17. The summed E-state index contributed by atoms with van der Waals surface area (Å²) in [5, 5.41) is -2.42. The molecule has 21 heavy (non-hydrogen) atoms. The number of rotatable bonds is 2. The molecule has 120 valence electrons. The standard InChI is InChI=1S/C10H11Cl4NO5S/c1-9(2)5(8(17)20-3-10(12,13)14)15-6(16)4(11)7(15)21(9,18)19/h4-5,7H,3H2,1-2H3/t4-,5+,7-/m1/s1. The van der Waals surface area contributed by atoms with Gasteiger partial charge in [-0.2, -0.15) is 0 Å². The van der Waals surface area contributed by atoms with Crippen molar-refractivity contribution in [1.82, 2.24) is 4.90 Å². The van der Waals surface area contributed by atoms with Crippen molar-refractivity contribution in [2.24, 2.45) is 0 Å². The molecule has 0 bridgehead atoms. The first-order valence-corrected chi connectivity index (χ1v) is 8.87. The van der Waals surface area contributed by atoms with E-state index < -0.39 is 53.7 Å². The number of ether oxygens (including phenoxy) is 1. The van der Waals surface area contributed by atoms with Gasteiger partial charge in [-0.15, -0.1) is 11.6 Å². The molecule has 0 aliphatic carbocycles. The molecule has 0 radical (unpaired) electrons. The van der Waals surface area contributed by atoms with Gasteiger partial charge in [0.25, 0.3) is 0 Å².